The van der Waals surface area contributed by atoms with Crippen molar-refractivity contribution in [1.29, 1.82) is 0 Å². The van der Waals surface area contributed by atoms with Crippen molar-refractivity contribution in [3.63, 3.8) is 0 Å². The number of hydrogen-bond acceptors (Lipinski definition) is 6. The SMILES string of the molecule is CCN(Cc1ccccc1)S(=O)(=O)c1ccc(C(=O)Nc2nc3c(OC)ccc(Cl)c3s2)cc1. The molecule has 0 unspecified atom stereocenters. The molecule has 34 heavy (non-hydrogen) atoms. The number of anilines is 1. The van der Waals surface area contributed by atoms with Crippen LogP contribution in [-0.4, -0.2) is 37.3 Å². The molecule has 0 spiro atoms. The zero-order valence-corrected chi connectivity index (χ0v) is 20.9. The van der Waals surface area contributed by atoms with Crippen molar-refractivity contribution in [3.05, 3.63) is 82.9 Å². The van der Waals surface area contributed by atoms with Gasteiger partial charge in [-0.25, -0.2) is 13.4 Å². The fourth-order valence-corrected chi connectivity index (χ4v) is 6.01. The van der Waals surface area contributed by atoms with Crippen molar-refractivity contribution in [2.45, 2.75) is 18.4 Å². The molecule has 0 saturated carbocycles. The van der Waals surface area contributed by atoms with Crippen LogP contribution in [-0.2, 0) is 16.6 Å². The smallest absolute Gasteiger partial charge is 0.257 e. The van der Waals surface area contributed by atoms with Gasteiger partial charge in [-0.2, -0.15) is 4.31 Å². The second kappa shape index (κ2) is 10.1. The molecule has 0 atom stereocenters. The summed E-state index contributed by atoms with van der Waals surface area (Å²) in [4.78, 5) is 17.3. The number of benzene rings is 3. The topological polar surface area (TPSA) is 88.6 Å². The number of methoxy groups -OCH3 is 1. The quantitative estimate of drug-likeness (QED) is 0.338. The Morgan fingerprint density at radius 1 is 1.09 bits per heavy atom. The van der Waals surface area contributed by atoms with Crippen LogP contribution in [0, 0.1) is 0 Å². The molecule has 7 nitrogen and oxygen atoms in total. The fourth-order valence-electron chi connectivity index (χ4n) is 3.42. The summed E-state index contributed by atoms with van der Waals surface area (Å²) >= 11 is 7.48. The Hall–Kier alpha value is -2.98. The van der Waals surface area contributed by atoms with E-state index < -0.39 is 15.9 Å². The van der Waals surface area contributed by atoms with E-state index in [0.29, 0.717) is 38.2 Å². The molecule has 4 rings (SSSR count). The molecule has 0 aliphatic carbocycles. The lowest BCUT2D eigenvalue weighted by Crippen LogP contribution is -2.30. The minimum Gasteiger partial charge on any atom is -0.494 e. The lowest BCUT2D eigenvalue weighted by atomic mass is 10.2. The number of carbonyl (C=O) groups is 1. The van der Waals surface area contributed by atoms with E-state index in [0.717, 1.165) is 5.56 Å². The highest BCUT2D eigenvalue weighted by Gasteiger charge is 2.24. The molecule has 1 amide bonds. The lowest BCUT2D eigenvalue weighted by molar-refractivity contribution is 0.102. The van der Waals surface area contributed by atoms with Gasteiger partial charge in [0.15, 0.2) is 5.13 Å². The van der Waals surface area contributed by atoms with Crippen LogP contribution in [0.1, 0.15) is 22.8 Å². The summed E-state index contributed by atoms with van der Waals surface area (Å²) in [5, 5.41) is 3.62. The number of nitrogens with zero attached hydrogens (tertiary/aromatic N) is 2. The Morgan fingerprint density at radius 2 is 1.79 bits per heavy atom. The molecule has 0 fully saturated rings. The van der Waals surface area contributed by atoms with Crippen LogP contribution < -0.4 is 10.1 Å². The van der Waals surface area contributed by atoms with E-state index in [9.17, 15) is 13.2 Å². The summed E-state index contributed by atoms with van der Waals surface area (Å²) in [5.41, 5.74) is 1.77. The van der Waals surface area contributed by atoms with E-state index in [2.05, 4.69) is 10.3 Å². The number of nitrogens with one attached hydrogen (secondary N) is 1. The Balaban J connectivity index is 1.52. The summed E-state index contributed by atoms with van der Waals surface area (Å²) in [6.45, 7) is 2.39. The van der Waals surface area contributed by atoms with Crippen LogP contribution in [0.4, 0.5) is 5.13 Å². The first kappa shape index (κ1) is 24.2. The van der Waals surface area contributed by atoms with Crippen molar-refractivity contribution in [2.24, 2.45) is 0 Å². The maximum absolute atomic E-state index is 13.1. The van der Waals surface area contributed by atoms with Gasteiger partial charge < -0.3 is 4.74 Å². The van der Waals surface area contributed by atoms with E-state index in [-0.39, 0.29) is 11.4 Å². The minimum absolute atomic E-state index is 0.123. The summed E-state index contributed by atoms with van der Waals surface area (Å²) in [6.07, 6.45) is 0. The molecular formula is C24H22ClN3O4S2. The molecule has 1 N–H and O–H groups in total. The lowest BCUT2D eigenvalue weighted by Gasteiger charge is -2.20. The monoisotopic (exact) mass is 515 g/mol. The average molecular weight is 516 g/mol. The summed E-state index contributed by atoms with van der Waals surface area (Å²) in [7, 11) is -2.18. The average Bonchev–Trinajstić information content (AvgIpc) is 3.28. The largest absolute Gasteiger partial charge is 0.494 e. The Bertz CT molecular complexity index is 1420. The van der Waals surface area contributed by atoms with Gasteiger partial charge >= 0.3 is 0 Å². The van der Waals surface area contributed by atoms with E-state index in [4.69, 9.17) is 16.3 Å². The van der Waals surface area contributed by atoms with Crippen LogP contribution in [0.15, 0.2) is 71.6 Å². The third-order valence-corrected chi connectivity index (χ3v) is 8.57. The highest BCUT2D eigenvalue weighted by Crippen LogP contribution is 2.37. The van der Waals surface area contributed by atoms with E-state index in [1.807, 2.05) is 30.3 Å². The minimum atomic E-state index is -3.72. The van der Waals surface area contributed by atoms with Gasteiger partial charge in [-0.1, -0.05) is 60.2 Å². The van der Waals surface area contributed by atoms with Crippen molar-refractivity contribution < 1.29 is 17.9 Å². The number of carbonyl (C=O) groups excluding carboxylic acids is 1. The fraction of sp³-hybridized carbons (Fsp3) is 0.167. The van der Waals surface area contributed by atoms with Crippen LogP contribution in [0.3, 0.4) is 0 Å². The molecule has 0 saturated heterocycles. The second-order valence-electron chi connectivity index (χ2n) is 7.34. The third-order valence-electron chi connectivity index (χ3n) is 5.21. The standard InChI is InChI=1S/C24H22ClN3O4S2/c1-3-28(15-16-7-5-4-6-8-16)34(30,31)18-11-9-17(10-12-18)23(29)27-24-26-21-20(32-2)14-13-19(25)22(21)33-24/h4-14H,3,15H2,1-2H3,(H,26,27,29). The van der Waals surface area contributed by atoms with Crippen molar-refractivity contribution in [1.82, 2.24) is 9.29 Å². The Labute approximate surface area is 207 Å². The van der Waals surface area contributed by atoms with Crippen molar-refractivity contribution >= 4 is 54.2 Å². The summed E-state index contributed by atoms with van der Waals surface area (Å²) in [6, 6.07) is 18.7. The predicted octanol–water partition coefficient (Wildman–Crippen LogP) is 5.42. The van der Waals surface area contributed by atoms with Gasteiger partial charge in [0.05, 0.1) is 21.7 Å². The zero-order valence-electron chi connectivity index (χ0n) is 18.5. The normalized spacial score (nSPS) is 11.6. The molecule has 10 heteroatoms. The predicted molar refractivity (Wildman–Crippen MR) is 135 cm³/mol. The number of rotatable bonds is 8. The number of hydrogen-bond donors (Lipinski definition) is 1. The van der Waals surface area contributed by atoms with Gasteiger partial charge in [-0.3, -0.25) is 10.1 Å². The molecule has 4 aromatic rings. The molecular weight excluding hydrogens is 494 g/mol. The third kappa shape index (κ3) is 4.92. The first-order valence-corrected chi connectivity index (χ1v) is 13.1. The van der Waals surface area contributed by atoms with Gasteiger partial charge in [0.1, 0.15) is 11.3 Å². The van der Waals surface area contributed by atoms with Crippen LogP contribution in [0.2, 0.25) is 5.02 Å². The highest BCUT2D eigenvalue weighted by molar-refractivity contribution is 7.89. The van der Waals surface area contributed by atoms with E-state index in [1.165, 1.54) is 47.0 Å². The number of aromatic nitrogens is 1. The summed E-state index contributed by atoms with van der Waals surface area (Å²) < 4.78 is 33.7. The molecule has 0 radical (unpaired) electrons. The number of thiazole rings is 1. The first-order valence-electron chi connectivity index (χ1n) is 10.4. The molecule has 1 aromatic heterocycles. The Morgan fingerprint density at radius 3 is 2.44 bits per heavy atom. The maximum Gasteiger partial charge on any atom is 0.257 e. The van der Waals surface area contributed by atoms with Crippen LogP contribution >= 0.6 is 22.9 Å². The first-order chi connectivity index (χ1) is 16.3. The van der Waals surface area contributed by atoms with Crippen molar-refractivity contribution in [2.75, 3.05) is 19.0 Å². The molecule has 0 aliphatic rings. The van der Waals surface area contributed by atoms with Crippen LogP contribution in [0.5, 0.6) is 5.75 Å². The number of ether oxygens (including phenoxy) is 1. The molecule has 0 bridgehead atoms. The summed E-state index contributed by atoms with van der Waals surface area (Å²) in [5.74, 6) is 0.149. The number of sulfonamides is 1. The Kier molecular flexibility index (Phi) is 7.18. The van der Waals surface area contributed by atoms with Gasteiger partial charge in [0.2, 0.25) is 10.0 Å². The molecule has 1 heterocycles. The van der Waals surface area contributed by atoms with Crippen LogP contribution in [0.25, 0.3) is 10.2 Å². The molecule has 176 valence electrons. The van der Waals surface area contributed by atoms with Gasteiger partial charge in [-0.05, 0) is 42.0 Å². The van der Waals surface area contributed by atoms with E-state index in [1.54, 1.807) is 19.1 Å². The van der Waals surface area contributed by atoms with E-state index >= 15 is 0 Å². The number of fused-ring (bicyclic) bond motifs is 1. The maximum atomic E-state index is 13.1. The number of halogens is 1. The molecule has 3 aromatic carbocycles. The van der Waals surface area contributed by atoms with Gasteiger partial charge in [0, 0.05) is 18.7 Å². The second-order valence-corrected chi connectivity index (χ2v) is 10.7. The van der Waals surface area contributed by atoms with Gasteiger partial charge in [-0.15, -0.1) is 0 Å². The molecule has 0 aliphatic heterocycles. The highest BCUT2D eigenvalue weighted by atomic mass is 35.5. The van der Waals surface area contributed by atoms with Crippen molar-refractivity contribution in [3.8, 4) is 5.75 Å². The zero-order chi connectivity index (χ0) is 24.3. The van der Waals surface area contributed by atoms with Gasteiger partial charge in [0.25, 0.3) is 5.91 Å². The number of amides is 1.